The summed E-state index contributed by atoms with van der Waals surface area (Å²) in [5.41, 5.74) is -0.675. The van der Waals surface area contributed by atoms with Gasteiger partial charge in [0.15, 0.2) is 5.54 Å². The monoisotopic (exact) mass is 485 g/mol. The summed E-state index contributed by atoms with van der Waals surface area (Å²) in [6, 6.07) is 13.9. The van der Waals surface area contributed by atoms with Crippen LogP contribution in [0.3, 0.4) is 0 Å². The molecule has 1 atom stereocenters. The van der Waals surface area contributed by atoms with Gasteiger partial charge in [0.2, 0.25) is 5.91 Å². The highest BCUT2D eigenvalue weighted by atomic mass is 32.2. The summed E-state index contributed by atoms with van der Waals surface area (Å²) in [5.74, 6) is 3.48. The summed E-state index contributed by atoms with van der Waals surface area (Å²) in [6.07, 6.45) is 3.21. The van der Waals surface area contributed by atoms with Crippen molar-refractivity contribution in [3.8, 4) is 0 Å². The molecule has 0 aliphatic rings. The molecule has 0 heterocycles. The van der Waals surface area contributed by atoms with E-state index in [9.17, 15) is 14.4 Å². The van der Waals surface area contributed by atoms with E-state index in [1.165, 1.54) is 18.1 Å². The third-order valence-corrected chi connectivity index (χ3v) is 5.41. The first kappa shape index (κ1) is 26.7. The van der Waals surface area contributed by atoms with Crippen LogP contribution in [0.4, 0.5) is 5.69 Å². The van der Waals surface area contributed by atoms with Crippen molar-refractivity contribution in [1.29, 1.82) is 0 Å². The van der Waals surface area contributed by atoms with Crippen molar-refractivity contribution in [2.75, 3.05) is 18.1 Å². The molecule has 0 radical (unpaired) electrons. The number of hydrazone groups is 1. The van der Waals surface area contributed by atoms with Crippen LogP contribution in [0.1, 0.15) is 43.6 Å². The number of hydrogen-bond donors (Lipinski definition) is 4. The minimum atomic E-state index is -1.45. The molecule has 0 spiro atoms. The molecule has 182 valence electrons. The van der Waals surface area contributed by atoms with Crippen molar-refractivity contribution in [1.82, 2.24) is 10.6 Å². The summed E-state index contributed by atoms with van der Waals surface area (Å²) in [4.78, 5) is 39.4. The SMILES string of the molecule is CSc1cccc(C(C)(NC(=O)CNC(=O)c2cccc(NC=NN)c2)C(=O)OC(C)(C)C)c1. The van der Waals surface area contributed by atoms with Gasteiger partial charge in [-0.05, 0) is 69.8 Å². The molecule has 9 nitrogen and oxygen atoms in total. The van der Waals surface area contributed by atoms with Gasteiger partial charge in [0.1, 0.15) is 11.9 Å². The number of nitrogens with two attached hydrogens (primary N) is 1. The van der Waals surface area contributed by atoms with E-state index in [0.717, 1.165) is 4.90 Å². The molecule has 10 heteroatoms. The predicted molar refractivity (Wildman–Crippen MR) is 135 cm³/mol. The molecular weight excluding hydrogens is 454 g/mol. The number of ether oxygens (including phenoxy) is 1. The molecule has 2 amide bonds. The van der Waals surface area contributed by atoms with Crippen LogP contribution in [0.15, 0.2) is 58.5 Å². The highest BCUT2D eigenvalue weighted by molar-refractivity contribution is 7.98. The van der Waals surface area contributed by atoms with Crippen molar-refractivity contribution >= 4 is 41.6 Å². The molecular formula is C24H31N5O4S. The van der Waals surface area contributed by atoms with Gasteiger partial charge in [0.05, 0.1) is 6.54 Å². The lowest BCUT2D eigenvalue weighted by atomic mass is 9.91. The Kier molecular flexibility index (Phi) is 9.08. The molecule has 0 bridgehead atoms. The van der Waals surface area contributed by atoms with Crippen LogP contribution >= 0.6 is 11.8 Å². The number of anilines is 1. The summed E-state index contributed by atoms with van der Waals surface area (Å²) in [7, 11) is 0. The lowest BCUT2D eigenvalue weighted by molar-refractivity contribution is -0.164. The molecule has 0 aliphatic carbocycles. The van der Waals surface area contributed by atoms with Gasteiger partial charge in [-0.15, -0.1) is 11.8 Å². The van der Waals surface area contributed by atoms with Crippen molar-refractivity contribution in [2.24, 2.45) is 10.9 Å². The Bertz CT molecular complexity index is 1070. The summed E-state index contributed by atoms with van der Waals surface area (Å²) >= 11 is 1.52. The number of rotatable bonds is 9. The first-order valence-electron chi connectivity index (χ1n) is 10.5. The molecule has 2 aromatic rings. The number of carbonyl (C=O) groups excluding carboxylic acids is 3. The zero-order valence-electron chi connectivity index (χ0n) is 20.0. The van der Waals surface area contributed by atoms with E-state index in [0.29, 0.717) is 16.8 Å². The first-order chi connectivity index (χ1) is 16.0. The van der Waals surface area contributed by atoms with E-state index in [2.05, 4.69) is 21.1 Å². The number of esters is 1. The maximum absolute atomic E-state index is 13.1. The van der Waals surface area contributed by atoms with Gasteiger partial charge in [0.25, 0.3) is 5.91 Å². The second-order valence-corrected chi connectivity index (χ2v) is 9.47. The molecule has 0 fully saturated rings. The number of hydrogen-bond acceptors (Lipinski definition) is 7. The van der Waals surface area contributed by atoms with Gasteiger partial charge in [-0.1, -0.05) is 18.2 Å². The standard InChI is InChI=1S/C24H31N5O4S/c1-23(2,3)33-22(32)24(4,17-9-7-11-19(13-17)34-5)29-20(30)14-26-21(31)16-8-6-10-18(12-16)27-15-28-25/h6-13,15H,14,25H2,1-5H3,(H,26,31)(H,27,28)(H,29,30). The van der Waals surface area contributed by atoms with E-state index < -0.39 is 28.9 Å². The normalized spacial score (nSPS) is 13.1. The quantitative estimate of drug-likeness (QED) is 0.107. The molecule has 0 saturated heterocycles. The molecule has 0 aliphatic heterocycles. The highest BCUT2D eigenvalue weighted by Crippen LogP contribution is 2.28. The van der Waals surface area contributed by atoms with Crippen LogP contribution in [-0.2, 0) is 19.9 Å². The third-order valence-electron chi connectivity index (χ3n) is 4.68. The summed E-state index contributed by atoms with van der Waals surface area (Å²) in [5, 5.41) is 11.5. The van der Waals surface area contributed by atoms with Crippen LogP contribution in [0.2, 0.25) is 0 Å². The average molecular weight is 486 g/mol. The predicted octanol–water partition coefficient (Wildman–Crippen LogP) is 2.83. The fourth-order valence-electron chi connectivity index (χ4n) is 3.00. The van der Waals surface area contributed by atoms with Crippen molar-refractivity contribution in [3.63, 3.8) is 0 Å². The third kappa shape index (κ3) is 7.51. The van der Waals surface area contributed by atoms with Crippen molar-refractivity contribution in [2.45, 2.75) is 43.7 Å². The highest BCUT2D eigenvalue weighted by Gasteiger charge is 2.40. The topological polar surface area (TPSA) is 135 Å². The average Bonchev–Trinajstić information content (AvgIpc) is 2.80. The Morgan fingerprint density at radius 1 is 1.09 bits per heavy atom. The first-order valence-corrected chi connectivity index (χ1v) is 11.8. The number of benzene rings is 2. The number of amides is 2. The van der Waals surface area contributed by atoms with Gasteiger partial charge in [-0.2, -0.15) is 5.10 Å². The van der Waals surface area contributed by atoms with Crippen LogP contribution in [0, 0.1) is 0 Å². The lowest BCUT2D eigenvalue weighted by Crippen LogP contribution is -2.54. The van der Waals surface area contributed by atoms with Crippen LogP contribution in [0.5, 0.6) is 0 Å². The maximum atomic E-state index is 13.1. The van der Waals surface area contributed by atoms with Gasteiger partial charge >= 0.3 is 5.97 Å². The Morgan fingerprint density at radius 3 is 2.44 bits per heavy atom. The number of nitrogens with zero attached hydrogens (tertiary/aromatic N) is 1. The fraction of sp³-hybridized carbons (Fsp3) is 0.333. The van der Waals surface area contributed by atoms with Crippen LogP contribution < -0.4 is 21.8 Å². The van der Waals surface area contributed by atoms with Crippen molar-refractivity contribution in [3.05, 3.63) is 59.7 Å². The van der Waals surface area contributed by atoms with Gasteiger partial charge in [-0.25, -0.2) is 4.79 Å². The number of nitrogens with one attached hydrogen (secondary N) is 3. The second-order valence-electron chi connectivity index (χ2n) is 8.59. The Balaban J connectivity index is 2.17. The van der Waals surface area contributed by atoms with Gasteiger partial charge in [0, 0.05) is 16.1 Å². The Hall–Kier alpha value is -3.53. The molecule has 34 heavy (non-hydrogen) atoms. The minimum absolute atomic E-state index is 0.332. The maximum Gasteiger partial charge on any atom is 0.336 e. The molecule has 1 unspecified atom stereocenters. The zero-order valence-corrected chi connectivity index (χ0v) is 20.8. The van der Waals surface area contributed by atoms with E-state index in [1.54, 1.807) is 58.0 Å². The summed E-state index contributed by atoms with van der Waals surface area (Å²) < 4.78 is 5.60. The van der Waals surface area contributed by atoms with E-state index >= 15 is 0 Å². The van der Waals surface area contributed by atoms with E-state index in [4.69, 9.17) is 10.6 Å². The molecule has 2 rings (SSSR count). The van der Waals surface area contributed by atoms with E-state index in [1.807, 2.05) is 24.5 Å². The van der Waals surface area contributed by atoms with Crippen molar-refractivity contribution < 1.29 is 19.1 Å². The largest absolute Gasteiger partial charge is 0.458 e. The Labute approximate surface area is 203 Å². The van der Waals surface area contributed by atoms with E-state index in [-0.39, 0.29) is 6.54 Å². The number of carbonyl (C=O) groups is 3. The summed E-state index contributed by atoms with van der Waals surface area (Å²) in [6.45, 7) is 6.53. The molecule has 5 N–H and O–H groups in total. The smallest absolute Gasteiger partial charge is 0.336 e. The van der Waals surface area contributed by atoms with Crippen LogP contribution in [0.25, 0.3) is 0 Å². The molecule has 0 saturated carbocycles. The van der Waals surface area contributed by atoms with Gasteiger partial charge in [-0.3, -0.25) is 9.59 Å². The molecule has 2 aromatic carbocycles. The zero-order chi connectivity index (χ0) is 25.4. The Morgan fingerprint density at radius 2 is 1.79 bits per heavy atom. The lowest BCUT2D eigenvalue weighted by Gasteiger charge is -2.33. The molecule has 0 aromatic heterocycles. The van der Waals surface area contributed by atoms with Crippen LogP contribution in [-0.4, -0.2) is 42.5 Å². The minimum Gasteiger partial charge on any atom is -0.458 e. The van der Waals surface area contributed by atoms with Gasteiger partial charge < -0.3 is 26.5 Å². The number of thioether (sulfide) groups is 1. The fourth-order valence-corrected chi connectivity index (χ4v) is 3.46. The second kappa shape index (κ2) is 11.6.